The number of nitrogens with two attached hydrogens (primary N) is 1. The van der Waals surface area contributed by atoms with Crippen LogP contribution in [0, 0.1) is 11.3 Å². The van der Waals surface area contributed by atoms with E-state index in [-0.39, 0.29) is 11.3 Å². The second-order valence-corrected chi connectivity index (χ2v) is 4.27. The van der Waals surface area contributed by atoms with Crippen molar-refractivity contribution in [2.45, 2.75) is 6.54 Å². The molecule has 1 aromatic carbocycles. The molecule has 0 aliphatic carbocycles. The van der Waals surface area contributed by atoms with Crippen LogP contribution in [0.5, 0.6) is 0 Å². The molecule has 0 spiro atoms. The van der Waals surface area contributed by atoms with E-state index in [9.17, 15) is 4.79 Å². The molecule has 2 aromatic rings. The number of pyridine rings is 1. The number of nitrogen functional groups attached to an aromatic ring is 1. The number of nitrogens with one attached hydrogen (secondary N) is 1. The first-order valence-corrected chi connectivity index (χ1v) is 6.21. The Morgan fingerprint density at radius 1 is 1.38 bits per heavy atom. The normalized spacial score (nSPS) is 9.71. The van der Waals surface area contributed by atoms with Gasteiger partial charge in [0.1, 0.15) is 5.82 Å². The molecule has 0 aliphatic heterocycles. The Balaban J connectivity index is 2.13. The highest BCUT2D eigenvalue weighted by Crippen LogP contribution is 2.21. The average molecular weight is 282 g/mol. The van der Waals surface area contributed by atoms with Crippen LogP contribution in [0.25, 0.3) is 0 Å². The third kappa shape index (κ3) is 3.28. The lowest BCUT2D eigenvalue weighted by Crippen LogP contribution is -2.10. The molecule has 6 nitrogen and oxygen atoms in total. The number of aromatic nitrogens is 1. The van der Waals surface area contributed by atoms with E-state index in [1.807, 2.05) is 12.1 Å². The molecule has 0 fully saturated rings. The first-order chi connectivity index (χ1) is 10.2. The number of anilines is 2. The van der Waals surface area contributed by atoms with Crippen LogP contribution in [-0.4, -0.2) is 18.1 Å². The maximum Gasteiger partial charge on any atom is 0.340 e. The van der Waals surface area contributed by atoms with E-state index >= 15 is 0 Å². The van der Waals surface area contributed by atoms with Crippen molar-refractivity contribution in [3.63, 3.8) is 0 Å². The Morgan fingerprint density at radius 3 is 2.71 bits per heavy atom. The Morgan fingerprint density at radius 2 is 2.10 bits per heavy atom. The van der Waals surface area contributed by atoms with Gasteiger partial charge in [-0.25, -0.2) is 9.78 Å². The molecule has 0 amide bonds. The van der Waals surface area contributed by atoms with Gasteiger partial charge in [-0.05, 0) is 23.8 Å². The molecule has 0 unspecified atom stereocenters. The number of esters is 1. The van der Waals surface area contributed by atoms with Crippen molar-refractivity contribution in [3.05, 3.63) is 53.2 Å². The smallest absolute Gasteiger partial charge is 0.340 e. The number of carbonyl (C=O) groups excluding carboxylic acids is 1. The number of hydrogen-bond acceptors (Lipinski definition) is 6. The predicted molar refractivity (Wildman–Crippen MR) is 78.5 cm³/mol. The maximum absolute atomic E-state index is 11.5. The van der Waals surface area contributed by atoms with Gasteiger partial charge in [-0.2, -0.15) is 5.26 Å². The SMILES string of the molecule is COC(=O)c1ccnc(NCc2ccc(C#N)cc2)c1N. The highest BCUT2D eigenvalue weighted by atomic mass is 16.5. The van der Waals surface area contributed by atoms with Gasteiger partial charge in [0, 0.05) is 12.7 Å². The number of hydrogen-bond donors (Lipinski definition) is 2. The van der Waals surface area contributed by atoms with Crippen LogP contribution in [0.4, 0.5) is 11.5 Å². The molecule has 0 atom stereocenters. The minimum absolute atomic E-state index is 0.248. The summed E-state index contributed by atoms with van der Waals surface area (Å²) in [5.41, 5.74) is 7.99. The number of rotatable bonds is 4. The van der Waals surface area contributed by atoms with E-state index in [1.54, 1.807) is 12.1 Å². The molecule has 0 radical (unpaired) electrons. The van der Waals surface area contributed by atoms with Crippen LogP contribution < -0.4 is 11.1 Å². The Bertz CT molecular complexity index is 690. The number of nitriles is 1. The fourth-order valence-corrected chi connectivity index (χ4v) is 1.78. The minimum Gasteiger partial charge on any atom is -0.465 e. The lowest BCUT2D eigenvalue weighted by Gasteiger charge is -2.10. The Labute approximate surface area is 122 Å². The van der Waals surface area contributed by atoms with Crippen LogP contribution in [0.15, 0.2) is 36.5 Å². The molecule has 2 rings (SSSR count). The summed E-state index contributed by atoms with van der Waals surface area (Å²) in [6.07, 6.45) is 1.49. The highest BCUT2D eigenvalue weighted by Gasteiger charge is 2.13. The molecule has 6 heteroatoms. The molecule has 0 saturated heterocycles. The summed E-state index contributed by atoms with van der Waals surface area (Å²) < 4.78 is 4.66. The van der Waals surface area contributed by atoms with E-state index < -0.39 is 5.97 Å². The van der Waals surface area contributed by atoms with Crippen LogP contribution in [0.1, 0.15) is 21.5 Å². The van der Waals surface area contributed by atoms with E-state index in [2.05, 4.69) is 21.1 Å². The first kappa shape index (κ1) is 14.3. The lowest BCUT2D eigenvalue weighted by atomic mass is 10.1. The summed E-state index contributed by atoms with van der Waals surface area (Å²) in [5, 5.41) is 11.8. The maximum atomic E-state index is 11.5. The Hall–Kier alpha value is -3.07. The fraction of sp³-hybridized carbons (Fsp3) is 0.133. The van der Waals surface area contributed by atoms with Crippen molar-refractivity contribution < 1.29 is 9.53 Å². The Kier molecular flexibility index (Phi) is 4.36. The molecule has 0 aliphatic rings. The summed E-state index contributed by atoms with van der Waals surface area (Å²) in [4.78, 5) is 15.7. The van der Waals surface area contributed by atoms with Crippen molar-refractivity contribution in [1.82, 2.24) is 4.98 Å². The number of ether oxygens (including phenoxy) is 1. The van der Waals surface area contributed by atoms with Crippen molar-refractivity contribution in [2.24, 2.45) is 0 Å². The number of benzene rings is 1. The molecule has 1 heterocycles. The van der Waals surface area contributed by atoms with Crippen molar-refractivity contribution in [3.8, 4) is 6.07 Å². The quantitative estimate of drug-likeness (QED) is 0.831. The van der Waals surface area contributed by atoms with Crippen molar-refractivity contribution >= 4 is 17.5 Å². The molecular weight excluding hydrogens is 268 g/mol. The minimum atomic E-state index is -0.503. The third-order valence-electron chi connectivity index (χ3n) is 2.94. The van der Waals surface area contributed by atoms with Crippen molar-refractivity contribution in [2.75, 3.05) is 18.2 Å². The first-order valence-electron chi connectivity index (χ1n) is 6.21. The lowest BCUT2D eigenvalue weighted by molar-refractivity contribution is 0.0602. The molecular formula is C15H14N4O2. The second-order valence-electron chi connectivity index (χ2n) is 4.27. The highest BCUT2D eigenvalue weighted by molar-refractivity contribution is 5.97. The van der Waals surface area contributed by atoms with Crippen LogP contribution >= 0.6 is 0 Å². The number of nitrogens with zero attached hydrogens (tertiary/aromatic N) is 2. The molecule has 3 N–H and O–H groups in total. The number of carbonyl (C=O) groups is 1. The van der Waals surface area contributed by atoms with Gasteiger partial charge in [0.25, 0.3) is 0 Å². The standard InChI is InChI=1S/C15H14N4O2/c1-21-15(20)12-6-7-18-14(13(12)17)19-9-11-4-2-10(8-16)3-5-11/h2-7H,9,17H2,1H3,(H,18,19). The number of methoxy groups -OCH3 is 1. The fourth-order valence-electron chi connectivity index (χ4n) is 1.78. The van der Waals surface area contributed by atoms with Crippen molar-refractivity contribution in [1.29, 1.82) is 5.26 Å². The van der Waals surface area contributed by atoms with Gasteiger partial charge >= 0.3 is 5.97 Å². The van der Waals surface area contributed by atoms with Gasteiger partial charge in [-0.3, -0.25) is 0 Å². The van der Waals surface area contributed by atoms with Crippen LogP contribution in [0.2, 0.25) is 0 Å². The van der Waals surface area contributed by atoms with Gasteiger partial charge in [0.05, 0.1) is 30.0 Å². The van der Waals surface area contributed by atoms with Gasteiger partial charge in [-0.1, -0.05) is 12.1 Å². The zero-order chi connectivity index (χ0) is 15.2. The molecule has 21 heavy (non-hydrogen) atoms. The van der Waals surface area contributed by atoms with E-state index in [0.717, 1.165) is 5.56 Å². The summed E-state index contributed by atoms with van der Waals surface area (Å²) in [7, 11) is 1.30. The zero-order valence-corrected chi connectivity index (χ0v) is 11.5. The third-order valence-corrected chi connectivity index (χ3v) is 2.94. The van der Waals surface area contributed by atoms with Gasteiger partial charge in [-0.15, -0.1) is 0 Å². The molecule has 0 bridgehead atoms. The molecule has 0 saturated carbocycles. The van der Waals surface area contributed by atoms with E-state index in [4.69, 9.17) is 11.0 Å². The van der Waals surface area contributed by atoms with Gasteiger partial charge in [0.15, 0.2) is 0 Å². The molecule has 106 valence electrons. The van der Waals surface area contributed by atoms with E-state index in [0.29, 0.717) is 17.9 Å². The van der Waals surface area contributed by atoms with Crippen LogP contribution in [-0.2, 0) is 11.3 Å². The second kappa shape index (κ2) is 6.39. The van der Waals surface area contributed by atoms with E-state index in [1.165, 1.54) is 19.4 Å². The topological polar surface area (TPSA) is 101 Å². The summed E-state index contributed by atoms with van der Waals surface area (Å²) >= 11 is 0. The van der Waals surface area contributed by atoms with Gasteiger partial charge in [0.2, 0.25) is 0 Å². The van der Waals surface area contributed by atoms with Gasteiger partial charge < -0.3 is 15.8 Å². The predicted octanol–water partition coefficient (Wildman–Crippen LogP) is 1.93. The average Bonchev–Trinajstić information content (AvgIpc) is 2.53. The summed E-state index contributed by atoms with van der Waals surface area (Å²) in [5.74, 6) is -0.0846. The molecule has 1 aromatic heterocycles. The summed E-state index contributed by atoms with van der Waals surface area (Å²) in [6, 6.07) is 10.7. The zero-order valence-electron chi connectivity index (χ0n) is 11.5. The largest absolute Gasteiger partial charge is 0.465 e. The van der Waals surface area contributed by atoms with Crippen LogP contribution in [0.3, 0.4) is 0 Å². The summed E-state index contributed by atoms with van der Waals surface area (Å²) in [6.45, 7) is 0.480. The monoisotopic (exact) mass is 282 g/mol.